The molecule has 1 heterocycles. The Kier molecular flexibility index (Phi) is 3.76. The van der Waals surface area contributed by atoms with Crippen molar-refractivity contribution in [3.05, 3.63) is 48.0 Å². The molecule has 0 saturated heterocycles. The van der Waals surface area contributed by atoms with Gasteiger partial charge in [0.2, 0.25) is 0 Å². The number of hydrogen-bond donors (Lipinski definition) is 1. The number of fused-ring (bicyclic) bond motifs is 1. The van der Waals surface area contributed by atoms with Crippen molar-refractivity contribution in [2.45, 2.75) is 11.4 Å². The van der Waals surface area contributed by atoms with Crippen LogP contribution in [0, 0.1) is 0 Å². The maximum Gasteiger partial charge on any atom is 0.131 e. The van der Waals surface area contributed by atoms with Crippen LogP contribution in [0.2, 0.25) is 0 Å². The highest BCUT2D eigenvalue weighted by atomic mass is 32.2. The fourth-order valence-electron chi connectivity index (χ4n) is 2.42. The molecule has 2 nitrogen and oxygen atoms in total. The summed E-state index contributed by atoms with van der Waals surface area (Å²) in [7, 11) is 0. The van der Waals surface area contributed by atoms with E-state index in [1.54, 1.807) is 11.8 Å². The van der Waals surface area contributed by atoms with Gasteiger partial charge in [0, 0.05) is 29.1 Å². The van der Waals surface area contributed by atoms with Crippen molar-refractivity contribution >= 4 is 11.8 Å². The minimum atomic E-state index is 0.728. The summed E-state index contributed by atoms with van der Waals surface area (Å²) in [4.78, 5) is 1.29. The van der Waals surface area contributed by atoms with E-state index in [1.807, 2.05) is 0 Å². The lowest BCUT2D eigenvalue weighted by Crippen LogP contribution is -2.16. The Morgan fingerprint density at radius 1 is 1.05 bits per heavy atom. The summed E-state index contributed by atoms with van der Waals surface area (Å²) in [5.74, 6) is 1.04. The number of para-hydroxylation sites is 1. The molecule has 3 heteroatoms. The van der Waals surface area contributed by atoms with Crippen molar-refractivity contribution in [3.63, 3.8) is 0 Å². The molecule has 19 heavy (non-hydrogen) atoms. The van der Waals surface area contributed by atoms with Crippen LogP contribution in [0.25, 0.3) is 11.1 Å². The third-order valence-electron chi connectivity index (χ3n) is 3.33. The normalized spacial score (nSPS) is 14.4. The van der Waals surface area contributed by atoms with Crippen LogP contribution in [0.15, 0.2) is 47.4 Å². The second-order valence-electron chi connectivity index (χ2n) is 4.52. The topological polar surface area (TPSA) is 21.3 Å². The van der Waals surface area contributed by atoms with Gasteiger partial charge in [0.05, 0.1) is 0 Å². The van der Waals surface area contributed by atoms with Crippen LogP contribution in [-0.2, 0) is 6.54 Å². The van der Waals surface area contributed by atoms with Crippen LogP contribution in [0.3, 0.4) is 0 Å². The lowest BCUT2D eigenvalue weighted by molar-refractivity contribution is 0.327. The molecule has 0 atom stereocenters. The Morgan fingerprint density at radius 2 is 1.89 bits per heavy atom. The van der Waals surface area contributed by atoms with E-state index >= 15 is 0 Å². The highest BCUT2D eigenvalue weighted by Gasteiger charge is 2.15. The van der Waals surface area contributed by atoms with Gasteiger partial charge in [-0.15, -0.1) is 11.8 Å². The van der Waals surface area contributed by atoms with Gasteiger partial charge in [0.1, 0.15) is 12.4 Å². The Labute approximate surface area is 118 Å². The first kappa shape index (κ1) is 12.6. The standard InChI is InChI=1S/C16H17NOS/c1-19-15-8-3-2-6-13(15)14-7-4-5-12-11-17-9-10-18-16(12)14/h2-8,17H,9-11H2,1H3. The Bertz CT molecular complexity index is 583. The van der Waals surface area contributed by atoms with Gasteiger partial charge in [0.15, 0.2) is 0 Å². The van der Waals surface area contributed by atoms with E-state index in [0.29, 0.717) is 0 Å². The quantitative estimate of drug-likeness (QED) is 0.844. The lowest BCUT2D eigenvalue weighted by atomic mass is 10.0. The Hall–Kier alpha value is -1.45. The van der Waals surface area contributed by atoms with Gasteiger partial charge in [-0.2, -0.15) is 0 Å². The van der Waals surface area contributed by atoms with E-state index < -0.39 is 0 Å². The molecule has 2 aromatic carbocycles. The minimum absolute atomic E-state index is 0.728. The molecule has 0 amide bonds. The smallest absolute Gasteiger partial charge is 0.131 e. The maximum absolute atomic E-state index is 5.96. The van der Waals surface area contributed by atoms with Crippen LogP contribution in [0.4, 0.5) is 0 Å². The number of ether oxygens (including phenoxy) is 1. The zero-order valence-electron chi connectivity index (χ0n) is 11.0. The molecule has 1 aliphatic rings. The van der Waals surface area contributed by atoms with E-state index in [4.69, 9.17) is 4.74 Å². The molecule has 0 bridgehead atoms. The van der Waals surface area contributed by atoms with Crippen molar-refractivity contribution in [3.8, 4) is 16.9 Å². The van der Waals surface area contributed by atoms with Crippen LogP contribution in [0.5, 0.6) is 5.75 Å². The summed E-state index contributed by atoms with van der Waals surface area (Å²) in [5.41, 5.74) is 3.70. The van der Waals surface area contributed by atoms with E-state index in [1.165, 1.54) is 21.6 Å². The Morgan fingerprint density at radius 3 is 2.79 bits per heavy atom. The van der Waals surface area contributed by atoms with Gasteiger partial charge in [0.25, 0.3) is 0 Å². The summed E-state index contributed by atoms with van der Waals surface area (Å²) in [5, 5.41) is 3.38. The van der Waals surface area contributed by atoms with Gasteiger partial charge >= 0.3 is 0 Å². The highest BCUT2D eigenvalue weighted by molar-refractivity contribution is 7.98. The van der Waals surface area contributed by atoms with Gasteiger partial charge in [-0.05, 0) is 17.9 Å². The summed E-state index contributed by atoms with van der Waals surface area (Å²) in [6.45, 7) is 2.51. The van der Waals surface area contributed by atoms with E-state index in [-0.39, 0.29) is 0 Å². The molecule has 0 spiro atoms. The average Bonchev–Trinajstić information content (AvgIpc) is 2.72. The number of thioether (sulfide) groups is 1. The van der Waals surface area contributed by atoms with Crippen molar-refractivity contribution in [1.29, 1.82) is 0 Å². The minimum Gasteiger partial charge on any atom is -0.491 e. The molecule has 1 aliphatic heterocycles. The summed E-state index contributed by atoms with van der Waals surface area (Å²) in [6, 6.07) is 14.9. The monoisotopic (exact) mass is 271 g/mol. The van der Waals surface area contributed by atoms with Gasteiger partial charge in [-0.25, -0.2) is 0 Å². The van der Waals surface area contributed by atoms with E-state index in [2.05, 4.69) is 54.0 Å². The van der Waals surface area contributed by atoms with Gasteiger partial charge < -0.3 is 10.1 Å². The summed E-state index contributed by atoms with van der Waals surface area (Å²) < 4.78 is 5.96. The molecule has 2 aromatic rings. The first-order valence-corrected chi connectivity index (χ1v) is 7.71. The molecule has 0 radical (unpaired) electrons. The molecule has 0 fully saturated rings. The number of benzene rings is 2. The first-order chi connectivity index (χ1) is 9.40. The maximum atomic E-state index is 5.96. The van der Waals surface area contributed by atoms with Crippen LogP contribution >= 0.6 is 11.8 Å². The van der Waals surface area contributed by atoms with Crippen LogP contribution in [-0.4, -0.2) is 19.4 Å². The van der Waals surface area contributed by atoms with Gasteiger partial charge in [-0.3, -0.25) is 0 Å². The van der Waals surface area contributed by atoms with E-state index in [9.17, 15) is 0 Å². The Balaban J connectivity index is 2.15. The summed E-state index contributed by atoms with van der Waals surface area (Å²) >= 11 is 1.77. The molecule has 0 aliphatic carbocycles. The second-order valence-corrected chi connectivity index (χ2v) is 5.37. The third-order valence-corrected chi connectivity index (χ3v) is 4.13. The van der Waals surface area contributed by atoms with Crippen molar-refractivity contribution in [2.24, 2.45) is 0 Å². The fraction of sp³-hybridized carbons (Fsp3) is 0.250. The van der Waals surface area contributed by atoms with Crippen molar-refractivity contribution in [2.75, 3.05) is 19.4 Å². The molecule has 0 saturated carbocycles. The lowest BCUT2D eigenvalue weighted by Gasteiger charge is -2.14. The predicted molar refractivity (Wildman–Crippen MR) is 80.9 cm³/mol. The zero-order chi connectivity index (χ0) is 13.1. The molecule has 0 unspecified atom stereocenters. The first-order valence-electron chi connectivity index (χ1n) is 6.49. The van der Waals surface area contributed by atoms with Crippen LogP contribution in [0.1, 0.15) is 5.56 Å². The molecule has 3 rings (SSSR count). The largest absolute Gasteiger partial charge is 0.491 e. The van der Waals surface area contributed by atoms with Crippen LogP contribution < -0.4 is 10.1 Å². The number of hydrogen-bond acceptors (Lipinski definition) is 3. The summed E-state index contributed by atoms with van der Waals surface area (Å²) in [6.07, 6.45) is 2.11. The molecular weight excluding hydrogens is 254 g/mol. The van der Waals surface area contributed by atoms with Crippen molar-refractivity contribution in [1.82, 2.24) is 5.32 Å². The molecular formula is C16H17NOS. The molecule has 1 N–H and O–H groups in total. The number of nitrogens with one attached hydrogen (secondary N) is 1. The third kappa shape index (κ3) is 2.48. The van der Waals surface area contributed by atoms with Gasteiger partial charge in [-0.1, -0.05) is 36.4 Å². The average molecular weight is 271 g/mol. The zero-order valence-corrected chi connectivity index (χ0v) is 11.8. The van der Waals surface area contributed by atoms with Crippen molar-refractivity contribution < 1.29 is 4.74 Å². The SMILES string of the molecule is CSc1ccccc1-c1cccc2c1OCCNC2. The number of rotatable bonds is 2. The second kappa shape index (κ2) is 5.68. The van der Waals surface area contributed by atoms with E-state index in [0.717, 1.165) is 25.4 Å². The molecule has 98 valence electrons. The molecule has 0 aromatic heterocycles. The predicted octanol–water partition coefficient (Wildman–Crippen LogP) is 3.56. The fourth-order valence-corrected chi connectivity index (χ4v) is 3.03. The highest BCUT2D eigenvalue weighted by Crippen LogP contribution is 2.38.